The lowest BCUT2D eigenvalue weighted by Gasteiger charge is -2.23. The number of ether oxygens (including phenoxy) is 1. The van der Waals surface area contributed by atoms with Gasteiger partial charge in [-0.05, 0) is 12.1 Å². The van der Waals surface area contributed by atoms with Gasteiger partial charge >= 0.3 is 6.18 Å². The molecule has 1 unspecified atom stereocenters. The Balaban J connectivity index is 2.38. The van der Waals surface area contributed by atoms with Crippen molar-refractivity contribution >= 4 is 6.08 Å². The molecular formula is C10H7F3O2. The summed E-state index contributed by atoms with van der Waals surface area (Å²) < 4.78 is 41.6. The molecule has 0 radical (unpaired) electrons. The average molecular weight is 216 g/mol. The van der Waals surface area contributed by atoms with Crippen molar-refractivity contribution in [1.29, 1.82) is 0 Å². The van der Waals surface area contributed by atoms with Crippen molar-refractivity contribution in [3.8, 4) is 11.5 Å². The van der Waals surface area contributed by atoms with Crippen molar-refractivity contribution < 1.29 is 23.0 Å². The van der Waals surface area contributed by atoms with Crippen LogP contribution in [0.4, 0.5) is 13.2 Å². The number of rotatable bonds is 0. The van der Waals surface area contributed by atoms with Gasteiger partial charge in [0.25, 0.3) is 0 Å². The molecule has 0 aromatic heterocycles. The van der Waals surface area contributed by atoms with Gasteiger partial charge in [-0.25, -0.2) is 0 Å². The van der Waals surface area contributed by atoms with Crippen molar-refractivity contribution in [2.75, 3.05) is 0 Å². The lowest BCUT2D eigenvalue weighted by Crippen LogP contribution is -2.33. The molecule has 1 aliphatic rings. The lowest BCUT2D eigenvalue weighted by atomic mass is 10.1. The fourth-order valence-electron chi connectivity index (χ4n) is 1.34. The van der Waals surface area contributed by atoms with Gasteiger partial charge in [-0.3, -0.25) is 0 Å². The van der Waals surface area contributed by atoms with Crippen LogP contribution in [-0.2, 0) is 0 Å². The van der Waals surface area contributed by atoms with Crippen LogP contribution in [0.3, 0.4) is 0 Å². The largest absolute Gasteiger partial charge is 0.504 e. The summed E-state index contributed by atoms with van der Waals surface area (Å²) in [7, 11) is 0. The van der Waals surface area contributed by atoms with Crippen LogP contribution < -0.4 is 4.74 Å². The number of phenols is 1. The number of para-hydroxylation sites is 1. The highest BCUT2D eigenvalue weighted by Crippen LogP contribution is 2.38. The SMILES string of the molecule is Oc1cccc2c1OC(C(F)(F)F)C=C2. The van der Waals surface area contributed by atoms with Gasteiger partial charge in [-0.2, -0.15) is 13.2 Å². The van der Waals surface area contributed by atoms with Crippen LogP contribution in [0.2, 0.25) is 0 Å². The third-order valence-corrected chi connectivity index (χ3v) is 2.04. The number of hydrogen-bond donors (Lipinski definition) is 1. The van der Waals surface area contributed by atoms with Gasteiger partial charge in [0.15, 0.2) is 11.5 Å². The van der Waals surface area contributed by atoms with Crippen molar-refractivity contribution in [1.82, 2.24) is 0 Å². The first-order valence-corrected chi connectivity index (χ1v) is 4.22. The van der Waals surface area contributed by atoms with E-state index < -0.39 is 12.3 Å². The predicted octanol–water partition coefficient (Wildman–Crippen LogP) is 2.73. The zero-order valence-electron chi connectivity index (χ0n) is 7.45. The van der Waals surface area contributed by atoms with Gasteiger partial charge in [0.1, 0.15) is 0 Å². The minimum absolute atomic E-state index is 0.123. The molecule has 1 aromatic carbocycles. The molecule has 1 aliphatic heterocycles. The standard InChI is InChI=1S/C10H7F3O2/c11-10(12,13)8-5-4-6-2-1-3-7(14)9(6)15-8/h1-5,8,14H. The van der Waals surface area contributed by atoms with E-state index >= 15 is 0 Å². The average Bonchev–Trinajstić information content (AvgIpc) is 2.16. The van der Waals surface area contributed by atoms with E-state index in [0.29, 0.717) is 5.56 Å². The Kier molecular flexibility index (Phi) is 2.10. The maximum atomic E-state index is 12.3. The molecule has 80 valence electrons. The smallest absolute Gasteiger partial charge is 0.429 e. The van der Waals surface area contributed by atoms with E-state index in [1.807, 2.05) is 0 Å². The molecule has 0 spiro atoms. The second-order valence-electron chi connectivity index (χ2n) is 3.13. The Labute approximate surface area is 83.6 Å². The molecule has 1 aromatic rings. The van der Waals surface area contributed by atoms with Crippen molar-refractivity contribution in [3.63, 3.8) is 0 Å². The molecule has 1 N–H and O–H groups in total. The molecule has 5 heteroatoms. The molecule has 1 heterocycles. The summed E-state index contributed by atoms with van der Waals surface area (Å²) in [6.07, 6.45) is -4.24. The predicted molar refractivity (Wildman–Crippen MR) is 47.6 cm³/mol. The molecule has 0 bridgehead atoms. The molecule has 0 saturated heterocycles. The molecule has 15 heavy (non-hydrogen) atoms. The minimum atomic E-state index is -4.46. The van der Waals surface area contributed by atoms with Gasteiger partial charge in [0.2, 0.25) is 6.10 Å². The van der Waals surface area contributed by atoms with Crippen LogP contribution >= 0.6 is 0 Å². The second-order valence-corrected chi connectivity index (χ2v) is 3.13. The summed E-state index contributed by atoms with van der Waals surface area (Å²) in [5.74, 6) is -0.409. The summed E-state index contributed by atoms with van der Waals surface area (Å²) in [5.41, 5.74) is 0.440. The summed E-state index contributed by atoms with van der Waals surface area (Å²) >= 11 is 0. The van der Waals surface area contributed by atoms with Crippen molar-refractivity contribution in [2.24, 2.45) is 0 Å². The summed E-state index contributed by atoms with van der Waals surface area (Å²) in [5, 5.41) is 9.31. The Hall–Kier alpha value is -1.65. The summed E-state index contributed by atoms with van der Waals surface area (Å²) in [6.45, 7) is 0. The first-order valence-electron chi connectivity index (χ1n) is 4.22. The van der Waals surface area contributed by atoms with Crippen LogP contribution in [-0.4, -0.2) is 17.4 Å². The highest BCUT2D eigenvalue weighted by Gasteiger charge is 2.41. The van der Waals surface area contributed by atoms with Gasteiger partial charge in [-0.1, -0.05) is 18.2 Å². The van der Waals surface area contributed by atoms with Crippen LogP contribution in [0, 0.1) is 0 Å². The molecule has 2 nitrogen and oxygen atoms in total. The third kappa shape index (κ3) is 1.77. The first-order chi connectivity index (χ1) is 6.98. The molecule has 2 rings (SSSR count). The molecular weight excluding hydrogens is 209 g/mol. The molecule has 0 fully saturated rings. The Morgan fingerprint density at radius 1 is 1.27 bits per heavy atom. The summed E-state index contributed by atoms with van der Waals surface area (Å²) in [6, 6.07) is 4.39. The zero-order valence-corrected chi connectivity index (χ0v) is 7.45. The number of alkyl halides is 3. The topological polar surface area (TPSA) is 29.5 Å². The monoisotopic (exact) mass is 216 g/mol. The van der Waals surface area contributed by atoms with E-state index in [1.54, 1.807) is 6.07 Å². The van der Waals surface area contributed by atoms with Crippen LogP contribution in [0.5, 0.6) is 11.5 Å². The molecule has 1 atom stereocenters. The fraction of sp³-hybridized carbons (Fsp3) is 0.200. The number of aromatic hydroxyl groups is 1. The number of fused-ring (bicyclic) bond motifs is 1. The van der Waals surface area contributed by atoms with Crippen molar-refractivity contribution in [3.05, 3.63) is 29.8 Å². The van der Waals surface area contributed by atoms with Gasteiger partial charge in [0, 0.05) is 5.56 Å². The van der Waals surface area contributed by atoms with E-state index in [1.165, 1.54) is 18.2 Å². The minimum Gasteiger partial charge on any atom is -0.504 e. The Morgan fingerprint density at radius 3 is 2.67 bits per heavy atom. The maximum absolute atomic E-state index is 12.3. The van der Waals surface area contributed by atoms with Gasteiger partial charge in [-0.15, -0.1) is 0 Å². The van der Waals surface area contributed by atoms with Crippen LogP contribution in [0.1, 0.15) is 5.56 Å². The highest BCUT2D eigenvalue weighted by atomic mass is 19.4. The fourth-order valence-corrected chi connectivity index (χ4v) is 1.34. The Morgan fingerprint density at radius 2 is 2.00 bits per heavy atom. The van der Waals surface area contributed by atoms with E-state index in [-0.39, 0.29) is 11.5 Å². The quantitative estimate of drug-likeness (QED) is 0.722. The molecule has 0 saturated carbocycles. The zero-order chi connectivity index (χ0) is 11.1. The van der Waals surface area contributed by atoms with Gasteiger partial charge < -0.3 is 9.84 Å². The second kappa shape index (κ2) is 3.18. The van der Waals surface area contributed by atoms with E-state index in [0.717, 1.165) is 6.08 Å². The summed E-state index contributed by atoms with van der Waals surface area (Å²) in [4.78, 5) is 0. The Bertz CT molecular complexity index is 410. The number of phenolic OH excluding ortho intramolecular Hbond substituents is 1. The normalized spacial score (nSPS) is 19.5. The van der Waals surface area contributed by atoms with Crippen LogP contribution in [0.15, 0.2) is 24.3 Å². The maximum Gasteiger partial charge on any atom is 0.429 e. The third-order valence-electron chi connectivity index (χ3n) is 2.04. The lowest BCUT2D eigenvalue weighted by molar-refractivity contribution is -0.180. The van der Waals surface area contributed by atoms with E-state index in [9.17, 15) is 18.3 Å². The number of benzene rings is 1. The first kappa shape index (κ1) is 9.89. The molecule has 0 aliphatic carbocycles. The van der Waals surface area contributed by atoms with E-state index in [4.69, 9.17) is 0 Å². The van der Waals surface area contributed by atoms with Gasteiger partial charge in [0.05, 0.1) is 0 Å². The number of hydrogen-bond acceptors (Lipinski definition) is 2. The molecule has 0 amide bonds. The van der Waals surface area contributed by atoms with Crippen molar-refractivity contribution in [2.45, 2.75) is 12.3 Å². The highest BCUT2D eigenvalue weighted by molar-refractivity contribution is 5.64. The van der Waals surface area contributed by atoms with E-state index in [2.05, 4.69) is 4.74 Å². The van der Waals surface area contributed by atoms with Crippen LogP contribution in [0.25, 0.3) is 6.08 Å². The number of halogens is 3.